The maximum Gasteiger partial charge on any atom is 0.141 e. The molecule has 0 saturated heterocycles. The minimum absolute atomic E-state index is 0.209. The molecule has 0 bridgehead atoms. The van der Waals surface area contributed by atoms with Gasteiger partial charge in [-0.05, 0) is 32.6 Å². The standard InChI is InChI=1S/C12H20FN3/c1-4-11(14-7-8-16(2)3)12-6-5-10(13)9-15-12/h5-6,9,11,14H,4,7-8H2,1-3H3. The third kappa shape index (κ3) is 4.24. The van der Waals surface area contributed by atoms with Gasteiger partial charge in [0.05, 0.1) is 11.9 Å². The molecule has 16 heavy (non-hydrogen) atoms. The van der Waals surface area contributed by atoms with Crippen LogP contribution >= 0.6 is 0 Å². The van der Waals surface area contributed by atoms with E-state index in [9.17, 15) is 4.39 Å². The van der Waals surface area contributed by atoms with Gasteiger partial charge in [-0.15, -0.1) is 0 Å². The smallest absolute Gasteiger partial charge is 0.141 e. The van der Waals surface area contributed by atoms with Gasteiger partial charge in [-0.1, -0.05) is 6.92 Å². The number of pyridine rings is 1. The highest BCUT2D eigenvalue weighted by Crippen LogP contribution is 2.13. The second kappa shape index (κ2) is 6.55. The van der Waals surface area contributed by atoms with E-state index in [2.05, 4.69) is 22.1 Å². The molecule has 3 nitrogen and oxygen atoms in total. The molecule has 1 aromatic heterocycles. The zero-order chi connectivity index (χ0) is 12.0. The molecule has 0 fully saturated rings. The second-order valence-electron chi connectivity index (χ2n) is 4.12. The number of hydrogen-bond donors (Lipinski definition) is 1. The van der Waals surface area contributed by atoms with Crippen molar-refractivity contribution in [2.45, 2.75) is 19.4 Å². The molecule has 0 aromatic carbocycles. The largest absolute Gasteiger partial charge is 0.308 e. The molecule has 1 aromatic rings. The third-order valence-corrected chi connectivity index (χ3v) is 2.47. The highest BCUT2D eigenvalue weighted by atomic mass is 19.1. The summed E-state index contributed by atoms with van der Waals surface area (Å²) in [4.78, 5) is 6.22. The van der Waals surface area contributed by atoms with Gasteiger partial charge in [-0.3, -0.25) is 4.98 Å². The second-order valence-corrected chi connectivity index (χ2v) is 4.12. The molecule has 1 N–H and O–H groups in total. The molecule has 0 spiro atoms. The van der Waals surface area contributed by atoms with E-state index in [0.29, 0.717) is 0 Å². The highest BCUT2D eigenvalue weighted by molar-refractivity contribution is 5.09. The summed E-state index contributed by atoms with van der Waals surface area (Å²) in [5.41, 5.74) is 0.905. The first-order valence-electron chi connectivity index (χ1n) is 5.63. The van der Waals surface area contributed by atoms with Gasteiger partial charge in [0.1, 0.15) is 5.82 Å². The minimum Gasteiger partial charge on any atom is -0.308 e. The Hall–Kier alpha value is -1.00. The van der Waals surface area contributed by atoms with E-state index < -0.39 is 0 Å². The lowest BCUT2D eigenvalue weighted by atomic mass is 10.1. The molecule has 0 saturated carbocycles. The fraction of sp³-hybridized carbons (Fsp3) is 0.583. The molecule has 0 radical (unpaired) electrons. The Morgan fingerprint density at radius 3 is 2.69 bits per heavy atom. The molecule has 0 aliphatic heterocycles. The number of rotatable bonds is 6. The monoisotopic (exact) mass is 225 g/mol. The SMILES string of the molecule is CCC(NCCN(C)C)c1ccc(F)cn1. The number of aromatic nitrogens is 1. The van der Waals surface area contributed by atoms with E-state index in [1.165, 1.54) is 12.3 Å². The van der Waals surface area contributed by atoms with Crippen LogP contribution in [0.4, 0.5) is 4.39 Å². The molecule has 1 heterocycles. The average Bonchev–Trinajstić information content (AvgIpc) is 2.26. The Morgan fingerprint density at radius 1 is 1.44 bits per heavy atom. The van der Waals surface area contributed by atoms with E-state index >= 15 is 0 Å². The van der Waals surface area contributed by atoms with Crippen LogP contribution in [0.25, 0.3) is 0 Å². The van der Waals surface area contributed by atoms with Crippen LogP contribution in [0, 0.1) is 5.82 Å². The third-order valence-electron chi connectivity index (χ3n) is 2.47. The van der Waals surface area contributed by atoms with Crippen molar-refractivity contribution in [1.29, 1.82) is 0 Å². The van der Waals surface area contributed by atoms with Crippen LogP contribution in [0.1, 0.15) is 25.1 Å². The van der Waals surface area contributed by atoms with Crippen molar-refractivity contribution in [3.63, 3.8) is 0 Å². The van der Waals surface area contributed by atoms with Gasteiger partial charge < -0.3 is 10.2 Å². The molecule has 0 aliphatic rings. The molecular formula is C12H20FN3. The molecule has 4 heteroatoms. The minimum atomic E-state index is -0.285. The normalized spacial score (nSPS) is 13.1. The molecule has 1 unspecified atom stereocenters. The number of halogens is 1. The molecule has 1 atom stereocenters. The quantitative estimate of drug-likeness (QED) is 0.800. The van der Waals surface area contributed by atoms with Gasteiger partial charge >= 0.3 is 0 Å². The van der Waals surface area contributed by atoms with Gasteiger partial charge in [-0.2, -0.15) is 0 Å². The Balaban J connectivity index is 2.50. The van der Waals surface area contributed by atoms with Crippen molar-refractivity contribution in [2.75, 3.05) is 27.2 Å². The summed E-state index contributed by atoms with van der Waals surface area (Å²) in [6.45, 7) is 3.99. The summed E-state index contributed by atoms with van der Waals surface area (Å²) in [6, 6.07) is 3.41. The first-order chi connectivity index (χ1) is 7.63. The maximum atomic E-state index is 12.7. The molecule has 0 amide bonds. The lowest BCUT2D eigenvalue weighted by Crippen LogP contribution is -2.30. The van der Waals surface area contributed by atoms with E-state index in [0.717, 1.165) is 25.2 Å². The Kier molecular flexibility index (Phi) is 5.35. The van der Waals surface area contributed by atoms with Crippen molar-refractivity contribution >= 4 is 0 Å². The first kappa shape index (κ1) is 13.1. The fourth-order valence-corrected chi connectivity index (χ4v) is 1.51. The molecular weight excluding hydrogens is 205 g/mol. The van der Waals surface area contributed by atoms with Crippen LogP contribution in [0.5, 0.6) is 0 Å². The van der Waals surface area contributed by atoms with Gasteiger partial charge in [0.2, 0.25) is 0 Å². The zero-order valence-electron chi connectivity index (χ0n) is 10.2. The van der Waals surface area contributed by atoms with Crippen molar-refractivity contribution in [3.8, 4) is 0 Å². The highest BCUT2D eigenvalue weighted by Gasteiger charge is 2.09. The predicted molar refractivity (Wildman–Crippen MR) is 63.8 cm³/mol. The summed E-state index contributed by atoms with van der Waals surface area (Å²) in [5, 5.41) is 3.41. The Labute approximate surface area is 96.7 Å². The molecule has 90 valence electrons. The first-order valence-corrected chi connectivity index (χ1v) is 5.63. The van der Waals surface area contributed by atoms with Crippen LogP contribution in [0.3, 0.4) is 0 Å². The summed E-state index contributed by atoms with van der Waals surface area (Å²) in [6.07, 6.45) is 2.22. The van der Waals surface area contributed by atoms with Crippen LogP contribution in [0.15, 0.2) is 18.3 Å². The Bertz CT molecular complexity index is 298. The predicted octanol–water partition coefficient (Wildman–Crippen LogP) is 1.82. The van der Waals surface area contributed by atoms with Crippen LogP contribution in [-0.4, -0.2) is 37.1 Å². The van der Waals surface area contributed by atoms with E-state index in [1.807, 2.05) is 14.1 Å². The number of hydrogen-bond acceptors (Lipinski definition) is 3. The van der Waals surface area contributed by atoms with Crippen LogP contribution in [-0.2, 0) is 0 Å². The number of nitrogens with one attached hydrogen (secondary N) is 1. The summed E-state index contributed by atoms with van der Waals surface area (Å²) >= 11 is 0. The zero-order valence-corrected chi connectivity index (χ0v) is 10.2. The van der Waals surface area contributed by atoms with Gasteiger partial charge in [0, 0.05) is 19.1 Å². The van der Waals surface area contributed by atoms with Crippen molar-refractivity contribution < 1.29 is 4.39 Å². The molecule has 0 aliphatic carbocycles. The van der Waals surface area contributed by atoms with Crippen molar-refractivity contribution in [3.05, 3.63) is 29.8 Å². The Morgan fingerprint density at radius 2 is 2.19 bits per heavy atom. The lowest BCUT2D eigenvalue weighted by Gasteiger charge is -2.18. The van der Waals surface area contributed by atoms with Crippen molar-refractivity contribution in [1.82, 2.24) is 15.2 Å². The number of likely N-dealkylation sites (N-methyl/N-ethyl adjacent to an activating group) is 1. The average molecular weight is 225 g/mol. The lowest BCUT2D eigenvalue weighted by molar-refractivity contribution is 0.380. The van der Waals surface area contributed by atoms with Gasteiger partial charge in [0.25, 0.3) is 0 Å². The number of nitrogens with zero attached hydrogens (tertiary/aromatic N) is 2. The van der Waals surface area contributed by atoms with E-state index in [4.69, 9.17) is 0 Å². The van der Waals surface area contributed by atoms with Gasteiger partial charge in [-0.25, -0.2) is 4.39 Å². The van der Waals surface area contributed by atoms with Crippen LogP contribution < -0.4 is 5.32 Å². The van der Waals surface area contributed by atoms with E-state index in [1.54, 1.807) is 6.07 Å². The summed E-state index contributed by atoms with van der Waals surface area (Å²) in [5.74, 6) is -0.285. The van der Waals surface area contributed by atoms with Gasteiger partial charge in [0.15, 0.2) is 0 Å². The van der Waals surface area contributed by atoms with E-state index in [-0.39, 0.29) is 11.9 Å². The fourth-order valence-electron chi connectivity index (χ4n) is 1.51. The summed E-state index contributed by atoms with van der Waals surface area (Å²) in [7, 11) is 4.08. The molecule has 1 rings (SSSR count). The summed E-state index contributed by atoms with van der Waals surface area (Å²) < 4.78 is 12.7. The topological polar surface area (TPSA) is 28.2 Å². The van der Waals surface area contributed by atoms with Crippen molar-refractivity contribution in [2.24, 2.45) is 0 Å². The maximum absolute atomic E-state index is 12.7. The van der Waals surface area contributed by atoms with Crippen LogP contribution in [0.2, 0.25) is 0 Å².